The molecule has 3 aromatic rings. The highest BCUT2D eigenvalue weighted by molar-refractivity contribution is 5.91. The minimum Gasteiger partial charge on any atom is -0.457 e. The van der Waals surface area contributed by atoms with Gasteiger partial charge in [-0.25, -0.2) is 0 Å². The lowest BCUT2D eigenvalue weighted by Gasteiger charge is -2.31. The van der Waals surface area contributed by atoms with Crippen molar-refractivity contribution in [2.45, 2.75) is 40.2 Å². The molecular formula is C26H30N2O. The number of anilines is 2. The Hall–Kier alpha value is -2.94. The smallest absolute Gasteiger partial charge is 0.135 e. The molecule has 0 amide bonds. The van der Waals surface area contributed by atoms with Crippen LogP contribution >= 0.6 is 0 Å². The predicted molar refractivity (Wildman–Crippen MR) is 125 cm³/mol. The van der Waals surface area contributed by atoms with Crippen molar-refractivity contribution in [1.82, 2.24) is 0 Å². The second kappa shape index (κ2) is 7.47. The Kier molecular flexibility index (Phi) is 4.99. The molecular weight excluding hydrogens is 356 g/mol. The van der Waals surface area contributed by atoms with Crippen LogP contribution in [0.15, 0.2) is 60.7 Å². The highest BCUT2D eigenvalue weighted by atomic mass is 16.5. The van der Waals surface area contributed by atoms with E-state index in [4.69, 9.17) is 4.74 Å². The SMILES string of the molecule is CCN(CC)c1ccc2c(Oc3ccc4c(c3)NC(C)(C)C=C4C)cccc2c1. The Morgan fingerprint density at radius 1 is 0.966 bits per heavy atom. The highest BCUT2D eigenvalue weighted by Gasteiger charge is 2.22. The van der Waals surface area contributed by atoms with Gasteiger partial charge in [0.2, 0.25) is 0 Å². The van der Waals surface area contributed by atoms with E-state index < -0.39 is 0 Å². The van der Waals surface area contributed by atoms with Gasteiger partial charge in [-0.2, -0.15) is 0 Å². The molecule has 0 bridgehead atoms. The molecule has 3 aromatic carbocycles. The lowest BCUT2D eigenvalue weighted by molar-refractivity contribution is 0.488. The van der Waals surface area contributed by atoms with Gasteiger partial charge in [-0.05, 0) is 82.0 Å². The zero-order valence-corrected chi connectivity index (χ0v) is 18.0. The summed E-state index contributed by atoms with van der Waals surface area (Å²) in [4.78, 5) is 2.36. The Labute approximate surface area is 174 Å². The fourth-order valence-electron chi connectivity index (χ4n) is 4.28. The molecule has 1 heterocycles. The number of ether oxygens (including phenoxy) is 1. The van der Waals surface area contributed by atoms with Gasteiger partial charge in [-0.1, -0.05) is 18.2 Å². The van der Waals surface area contributed by atoms with E-state index in [1.807, 2.05) is 6.07 Å². The van der Waals surface area contributed by atoms with Crippen molar-refractivity contribution in [1.29, 1.82) is 0 Å². The minimum absolute atomic E-state index is 0.0595. The molecule has 3 nitrogen and oxygen atoms in total. The summed E-state index contributed by atoms with van der Waals surface area (Å²) in [5, 5.41) is 5.93. The van der Waals surface area contributed by atoms with E-state index in [0.717, 1.165) is 35.7 Å². The Morgan fingerprint density at radius 3 is 2.52 bits per heavy atom. The quantitative estimate of drug-likeness (QED) is 0.507. The largest absolute Gasteiger partial charge is 0.457 e. The second-order valence-electron chi connectivity index (χ2n) is 8.32. The van der Waals surface area contributed by atoms with E-state index in [1.165, 1.54) is 22.2 Å². The molecule has 0 saturated carbocycles. The molecule has 1 N–H and O–H groups in total. The standard InChI is InChI=1S/C26H30N2O/c1-6-28(7-2)20-11-13-23-19(15-20)9-8-10-25(23)29-21-12-14-22-18(3)17-26(4,5)27-24(22)16-21/h8-17,27H,6-7H2,1-5H3. The Balaban J connectivity index is 1.68. The minimum atomic E-state index is -0.0595. The lowest BCUT2D eigenvalue weighted by atomic mass is 9.91. The maximum Gasteiger partial charge on any atom is 0.135 e. The van der Waals surface area contributed by atoms with E-state index in [0.29, 0.717) is 0 Å². The first-order valence-corrected chi connectivity index (χ1v) is 10.5. The molecule has 0 saturated heterocycles. The van der Waals surface area contributed by atoms with Crippen molar-refractivity contribution in [2.24, 2.45) is 0 Å². The number of nitrogens with zero attached hydrogens (tertiary/aromatic N) is 1. The van der Waals surface area contributed by atoms with Gasteiger partial charge in [-0.15, -0.1) is 0 Å². The zero-order valence-electron chi connectivity index (χ0n) is 18.0. The van der Waals surface area contributed by atoms with Crippen molar-refractivity contribution in [3.63, 3.8) is 0 Å². The van der Waals surface area contributed by atoms with Crippen LogP contribution in [0.1, 0.15) is 40.2 Å². The lowest BCUT2D eigenvalue weighted by Crippen LogP contribution is -2.31. The van der Waals surface area contributed by atoms with Crippen LogP contribution in [0.4, 0.5) is 11.4 Å². The van der Waals surface area contributed by atoms with Gasteiger partial charge < -0.3 is 15.0 Å². The number of nitrogens with one attached hydrogen (secondary N) is 1. The molecule has 3 heteroatoms. The van der Waals surface area contributed by atoms with Gasteiger partial charge in [0.15, 0.2) is 0 Å². The van der Waals surface area contributed by atoms with Gasteiger partial charge in [0.25, 0.3) is 0 Å². The fourth-order valence-corrected chi connectivity index (χ4v) is 4.28. The Morgan fingerprint density at radius 2 is 1.76 bits per heavy atom. The first kappa shape index (κ1) is 19.4. The fraction of sp³-hybridized carbons (Fsp3) is 0.308. The van der Waals surface area contributed by atoms with Crippen LogP contribution in [0.2, 0.25) is 0 Å². The van der Waals surface area contributed by atoms with Crippen LogP contribution in [0.25, 0.3) is 16.3 Å². The van der Waals surface area contributed by atoms with E-state index in [9.17, 15) is 0 Å². The normalized spacial score (nSPS) is 14.7. The molecule has 0 spiro atoms. The summed E-state index contributed by atoms with van der Waals surface area (Å²) in [6.45, 7) is 12.9. The maximum atomic E-state index is 6.34. The van der Waals surface area contributed by atoms with Crippen molar-refractivity contribution in [3.8, 4) is 11.5 Å². The summed E-state index contributed by atoms with van der Waals surface area (Å²) in [5.41, 5.74) is 4.84. The summed E-state index contributed by atoms with van der Waals surface area (Å²) in [7, 11) is 0. The summed E-state index contributed by atoms with van der Waals surface area (Å²) in [6.07, 6.45) is 2.27. The number of allylic oxidation sites excluding steroid dienone is 1. The molecule has 29 heavy (non-hydrogen) atoms. The third-order valence-electron chi connectivity index (χ3n) is 5.63. The first-order chi connectivity index (χ1) is 13.9. The average molecular weight is 387 g/mol. The highest BCUT2D eigenvalue weighted by Crippen LogP contribution is 2.38. The first-order valence-electron chi connectivity index (χ1n) is 10.5. The summed E-state index contributed by atoms with van der Waals surface area (Å²) in [6, 6.07) is 19.2. The molecule has 0 aliphatic carbocycles. The molecule has 1 aliphatic rings. The third-order valence-corrected chi connectivity index (χ3v) is 5.63. The molecule has 0 aromatic heterocycles. The van der Waals surface area contributed by atoms with Crippen molar-refractivity contribution < 1.29 is 4.74 Å². The summed E-state index contributed by atoms with van der Waals surface area (Å²) < 4.78 is 6.34. The van der Waals surface area contributed by atoms with Gasteiger partial charge in [0, 0.05) is 41.5 Å². The number of hydrogen-bond donors (Lipinski definition) is 1. The topological polar surface area (TPSA) is 24.5 Å². The van der Waals surface area contributed by atoms with Gasteiger partial charge in [0.05, 0.1) is 5.54 Å². The number of benzene rings is 3. The molecule has 0 fully saturated rings. The van der Waals surface area contributed by atoms with Gasteiger partial charge in [0.1, 0.15) is 11.5 Å². The van der Waals surface area contributed by atoms with Crippen LogP contribution in [-0.2, 0) is 0 Å². The Bertz CT molecular complexity index is 1080. The zero-order chi connectivity index (χ0) is 20.6. The molecule has 0 atom stereocenters. The monoisotopic (exact) mass is 386 g/mol. The van der Waals surface area contributed by atoms with Crippen molar-refractivity contribution >= 4 is 27.7 Å². The van der Waals surface area contributed by atoms with E-state index in [-0.39, 0.29) is 5.54 Å². The maximum absolute atomic E-state index is 6.34. The van der Waals surface area contributed by atoms with E-state index in [1.54, 1.807) is 0 Å². The second-order valence-corrected chi connectivity index (χ2v) is 8.32. The third kappa shape index (κ3) is 3.82. The molecule has 150 valence electrons. The van der Waals surface area contributed by atoms with Crippen LogP contribution in [0, 0.1) is 0 Å². The van der Waals surface area contributed by atoms with Gasteiger partial charge in [-0.3, -0.25) is 0 Å². The molecule has 4 rings (SSSR count). The average Bonchev–Trinajstić information content (AvgIpc) is 2.68. The number of fused-ring (bicyclic) bond motifs is 2. The van der Waals surface area contributed by atoms with Gasteiger partial charge >= 0.3 is 0 Å². The van der Waals surface area contributed by atoms with Crippen LogP contribution in [-0.4, -0.2) is 18.6 Å². The van der Waals surface area contributed by atoms with Crippen LogP contribution < -0.4 is 15.0 Å². The summed E-state index contributed by atoms with van der Waals surface area (Å²) in [5.74, 6) is 1.73. The molecule has 0 unspecified atom stereocenters. The molecule has 1 aliphatic heterocycles. The van der Waals surface area contributed by atoms with Crippen LogP contribution in [0.5, 0.6) is 11.5 Å². The van der Waals surface area contributed by atoms with Crippen molar-refractivity contribution in [3.05, 3.63) is 66.2 Å². The molecule has 0 radical (unpaired) electrons. The van der Waals surface area contributed by atoms with Crippen LogP contribution in [0.3, 0.4) is 0 Å². The number of rotatable bonds is 5. The van der Waals surface area contributed by atoms with Crippen molar-refractivity contribution in [2.75, 3.05) is 23.3 Å². The van der Waals surface area contributed by atoms with E-state index >= 15 is 0 Å². The predicted octanol–water partition coefficient (Wildman–Crippen LogP) is 7.09. The number of hydrogen-bond acceptors (Lipinski definition) is 3. The van der Waals surface area contributed by atoms with E-state index in [2.05, 4.69) is 99.4 Å². The summed E-state index contributed by atoms with van der Waals surface area (Å²) >= 11 is 0.